The van der Waals surface area contributed by atoms with Gasteiger partial charge in [-0.15, -0.1) is 0 Å². The van der Waals surface area contributed by atoms with Crippen LogP contribution in [0.15, 0.2) is 54.9 Å². The van der Waals surface area contributed by atoms with Crippen molar-refractivity contribution in [3.63, 3.8) is 0 Å². The summed E-state index contributed by atoms with van der Waals surface area (Å²) in [5, 5.41) is 3.11. The molecule has 0 aliphatic carbocycles. The number of ether oxygens (including phenoxy) is 2. The number of rotatable bonds is 6. The van der Waals surface area contributed by atoms with E-state index < -0.39 is 0 Å². The van der Waals surface area contributed by atoms with Crippen molar-refractivity contribution in [2.24, 2.45) is 0 Å². The van der Waals surface area contributed by atoms with Crippen LogP contribution in [0.25, 0.3) is 0 Å². The molecule has 25 heavy (non-hydrogen) atoms. The van der Waals surface area contributed by atoms with Crippen LogP contribution in [0.3, 0.4) is 0 Å². The van der Waals surface area contributed by atoms with Crippen LogP contribution in [0.4, 0.5) is 21.7 Å². The number of nitrogens with two attached hydrogens (primary N) is 1. The molecule has 0 fully saturated rings. The maximum Gasteiger partial charge on any atom is 0.162 e. The smallest absolute Gasteiger partial charge is 0.162 e. The molecule has 0 spiro atoms. The molecular formula is C18H17FN4O2. The molecule has 0 saturated carbocycles. The number of methoxy groups -OCH3 is 1. The Labute approximate surface area is 144 Å². The summed E-state index contributed by atoms with van der Waals surface area (Å²) in [7, 11) is 1.55. The van der Waals surface area contributed by atoms with Crippen LogP contribution in [-0.4, -0.2) is 17.1 Å². The quantitative estimate of drug-likeness (QED) is 0.714. The molecule has 1 heterocycles. The summed E-state index contributed by atoms with van der Waals surface area (Å²) in [6, 6.07) is 13.3. The van der Waals surface area contributed by atoms with Crippen molar-refractivity contribution in [1.29, 1.82) is 0 Å². The predicted octanol–water partition coefficient (Wildman–Crippen LogP) is 3.53. The molecule has 128 valence electrons. The zero-order chi connectivity index (χ0) is 17.6. The Morgan fingerprint density at radius 2 is 1.96 bits per heavy atom. The van der Waals surface area contributed by atoms with Gasteiger partial charge in [0.2, 0.25) is 0 Å². The van der Waals surface area contributed by atoms with Crippen molar-refractivity contribution in [3.05, 3.63) is 66.2 Å². The maximum atomic E-state index is 13.2. The summed E-state index contributed by atoms with van der Waals surface area (Å²) in [6.07, 6.45) is 1.38. The Morgan fingerprint density at radius 3 is 2.72 bits per heavy atom. The zero-order valence-electron chi connectivity index (χ0n) is 13.6. The minimum Gasteiger partial charge on any atom is -0.493 e. The van der Waals surface area contributed by atoms with E-state index >= 15 is 0 Å². The number of nitrogens with one attached hydrogen (secondary N) is 1. The fourth-order valence-electron chi connectivity index (χ4n) is 2.24. The Kier molecular flexibility index (Phi) is 4.94. The Balaban J connectivity index is 1.73. The molecule has 0 aliphatic heterocycles. The highest BCUT2D eigenvalue weighted by Crippen LogP contribution is 2.32. The molecule has 3 aromatic rings. The third kappa shape index (κ3) is 4.35. The molecule has 0 radical (unpaired) electrons. The summed E-state index contributed by atoms with van der Waals surface area (Å²) < 4.78 is 24.3. The number of hydrogen-bond donors (Lipinski definition) is 2. The molecular weight excluding hydrogens is 323 g/mol. The zero-order valence-corrected chi connectivity index (χ0v) is 13.6. The van der Waals surface area contributed by atoms with Crippen LogP contribution >= 0.6 is 0 Å². The second kappa shape index (κ2) is 7.48. The van der Waals surface area contributed by atoms with Gasteiger partial charge in [-0.2, -0.15) is 0 Å². The first-order valence-corrected chi connectivity index (χ1v) is 7.54. The van der Waals surface area contributed by atoms with Gasteiger partial charge in [0.05, 0.1) is 7.11 Å². The highest BCUT2D eigenvalue weighted by Gasteiger charge is 2.07. The van der Waals surface area contributed by atoms with E-state index in [1.807, 2.05) is 6.07 Å². The SMILES string of the molecule is COc1cc(Nc2cc(N)ncn2)ccc1OCc1cccc(F)c1. The number of nitrogen functional groups attached to an aromatic ring is 1. The third-order valence-corrected chi connectivity index (χ3v) is 3.41. The monoisotopic (exact) mass is 340 g/mol. The number of aromatic nitrogens is 2. The molecule has 1 aromatic heterocycles. The van der Waals surface area contributed by atoms with Crippen LogP contribution in [0.1, 0.15) is 5.56 Å². The molecule has 0 saturated heterocycles. The van der Waals surface area contributed by atoms with Crippen LogP contribution in [-0.2, 0) is 6.61 Å². The van der Waals surface area contributed by atoms with Gasteiger partial charge in [0.25, 0.3) is 0 Å². The first-order chi connectivity index (χ1) is 12.1. The lowest BCUT2D eigenvalue weighted by atomic mass is 10.2. The number of anilines is 3. The standard InChI is InChI=1S/C18H17FN4O2/c1-24-16-8-14(23-18-9-17(20)21-11-22-18)5-6-15(16)25-10-12-3-2-4-13(19)7-12/h2-9,11H,10H2,1H3,(H3,20,21,22,23). The molecule has 3 rings (SSSR count). The summed E-state index contributed by atoms with van der Waals surface area (Å²) in [5.41, 5.74) is 7.13. The Bertz CT molecular complexity index is 873. The van der Waals surface area contributed by atoms with Gasteiger partial charge < -0.3 is 20.5 Å². The fourth-order valence-corrected chi connectivity index (χ4v) is 2.24. The second-order valence-corrected chi connectivity index (χ2v) is 5.24. The fraction of sp³-hybridized carbons (Fsp3) is 0.111. The molecule has 0 unspecified atom stereocenters. The summed E-state index contributed by atoms with van der Waals surface area (Å²) in [5.74, 6) is 1.75. The van der Waals surface area contributed by atoms with Gasteiger partial charge in [-0.3, -0.25) is 0 Å². The molecule has 0 amide bonds. The van der Waals surface area contributed by atoms with Crippen LogP contribution in [0, 0.1) is 5.82 Å². The van der Waals surface area contributed by atoms with Gasteiger partial charge in [-0.1, -0.05) is 12.1 Å². The van der Waals surface area contributed by atoms with Gasteiger partial charge in [-0.25, -0.2) is 14.4 Å². The van der Waals surface area contributed by atoms with E-state index in [0.29, 0.717) is 23.1 Å². The molecule has 0 aliphatic rings. The summed E-state index contributed by atoms with van der Waals surface area (Å²) in [6.45, 7) is 0.239. The lowest BCUT2D eigenvalue weighted by Gasteiger charge is -2.13. The Hall–Kier alpha value is -3.35. The summed E-state index contributed by atoms with van der Waals surface area (Å²) in [4.78, 5) is 7.93. The van der Waals surface area contributed by atoms with E-state index in [2.05, 4.69) is 15.3 Å². The average Bonchev–Trinajstić information content (AvgIpc) is 2.60. The predicted molar refractivity (Wildman–Crippen MR) is 93.5 cm³/mol. The maximum absolute atomic E-state index is 13.2. The van der Waals surface area contributed by atoms with Crippen molar-refractivity contribution in [3.8, 4) is 11.5 Å². The van der Waals surface area contributed by atoms with Gasteiger partial charge in [0.15, 0.2) is 11.5 Å². The lowest BCUT2D eigenvalue weighted by molar-refractivity contribution is 0.284. The molecule has 3 N–H and O–H groups in total. The average molecular weight is 340 g/mol. The van der Waals surface area contributed by atoms with Crippen LogP contribution in [0.5, 0.6) is 11.5 Å². The Morgan fingerprint density at radius 1 is 1.08 bits per heavy atom. The largest absolute Gasteiger partial charge is 0.493 e. The van der Waals surface area contributed by atoms with Crippen LogP contribution in [0.2, 0.25) is 0 Å². The highest BCUT2D eigenvalue weighted by atomic mass is 19.1. The number of benzene rings is 2. The van der Waals surface area contributed by atoms with Gasteiger partial charge in [0.1, 0.15) is 30.4 Å². The van der Waals surface area contributed by atoms with Gasteiger partial charge >= 0.3 is 0 Å². The van der Waals surface area contributed by atoms with Crippen molar-refractivity contribution < 1.29 is 13.9 Å². The van der Waals surface area contributed by atoms with E-state index in [9.17, 15) is 4.39 Å². The topological polar surface area (TPSA) is 82.3 Å². The van der Waals surface area contributed by atoms with Gasteiger partial charge in [0, 0.05) is 17.8 Å². The number of halogens is 1. The van der Waals surface area contributed by atoms with Crippen molar-refractivity contribution >= 4 is 17.3 Å². The molecule has 0 bridgehead atoms. The van der Waals surface area contributed by atoms with Crippen molar-refractivity contribution in [1.82, 2.24) is 9.97 Å². The molecule has 0 atom stereocenters. The third-order valence-electron chi connectivity index (χ3n) is 3.41. The molecule has 7 heteroatoms. The van der Waals surface area contributed by atoms with Crippen molar-refractivity contribution in [2.45, 2.75) is 6.61 Å². The number of hydrogen-bond acceptors (Lipinski definition) is 6. The van der Waals surface area contributed by atoms with E-state index in [1.54, 1.807) is 37.4 Å². The second-order valence-electron chi connectivity index (χ2n) is 5.24. The summed E-state index contributed by atoms with van der Waals surface area (Å²) >= 11 is 0. The van der Waals surface area contributed by atoms with Crippen LogP contribution < -0.4 is 20.5 Å². The first kappa shape index (κ1) is 16.5. The lowest BCUT2D eigenvalue weighted by Crippen LogP contribution is -2.00. The minimum absolute atomic E-state index is 0.239. The molecule has 6 nitrogen and oxygen atoms in total. The first-order valence-electron chi connectivity index (χ1n) is 7.54. The highest BCUT2D eigenvalue weighted by molar-refractivity contribution is 5.62. The van der Waals surface area contributed by atoms with E-state index in [1.165, 1.54) is 18.5 Å². The minimum atomic E-state index is -0.295. The number of nitrogens with zero attached hydrogens (tertiary/aromatic N) is 2. The molecule has 2 aromatic carbocycles. The van der Waals surface area contributed by atoms with Gasteiger partial charge in [-0.05, 0) is 29.8 Å². The van der Waals surface area contributed by atoms with E-state index in [4.69, 9.17) is 15.2 Å². The van der Waals surface area contributed by atoms with E-state index in [0.717, 1.165) is 11.3 Å². The normalized spacial score (nSPS) is 10.3. The van der Waals surface area contributed by atoms with E-state index in [-0.39, 0.29) is 12.4 Å². The van der Waals surface area contributed by atoms with Crippen molar-refractivity contribution in [2.75, 3.05) is 18.2 Å².